The van der Waals surface area contributed by atoms with E-state index < -0.39 is 0 Å². The van der Waals surface area contributed by atoms with E-state index in [2.05, 4.69) is 15.3 Å². The number of carbonyl (C=O) groups is 1. The lowest BCUT2D eigenvalue weighted by molar-refractivity contribution is 0.0904. The van der Waals surface area contributed by atoms with E-state index >= 15 is 0 Å². The second-order valence-corrected chi connectivity index (χ2v) is 7.10. The molecule has 1 aromatic heterocycles. The summed E-state index contributed by atoms with van der Waals surface area (Å²) in [5.74, 6) is 1.98. The van der Waals surface area contributed by atoms with Crippen molar-refractivity contribution < 1.29 is 9.53 Å². The van der Waals surface area contributed by atoms with Crippen LogP contribution in [0.1, 0.15) is 66.3 Å². The summed E-state index contributed by atoms with van der Waals surface area (Å²) in [4.78, 5) is 31.9. The molecule has 6 nitrogen and oxygen atoms in total. The lowest BCUT2D eigenvalue weighted by Gasteiger charge is -2.35. The Morgan fingerprint density at radius 2 is 2.04 bits per heavy atom. The van der Waals surface area contributed by atoms with Crippen LogP contribution in [0.5, 0.6) is 5.75 Å². The van der Waals surface area contributed by atoms with E-state index in [9.17, 15) is 9.59 Å². The topological polar surface area (TPSA) is 84.1 Å². The van der Waals surface area contributed by atoms with Crippen LogP contribution < -0.4 is 15.6 Å². The predicted molar refractivity (Wildman–Crippen MR) is 97.7 cm³/mol. The minimum Gasteiger partial charge on any atom is -0.493 e. The number of nitrogens with one attached hydrogen (secondary N) is 2. The minimum atomic E-state index is -0.116. The van der Waals surface area contributed by atoms with Crippen LogP contribution in [0.25, 0.3) is 0 Å². The van der Waals surface area contributed by atoms with E-state index in [4.69, 9.17) is 4.74 Å². The molecule has 2 aliphatic rings. The molecule has 0 aliphatic heterocycles. The van der Waals surface area contributed by atoms with Crippen molar-refractivity contribution in [2.45, 2.75) is 50.5 Å². The molecule has 4 rings (SSSR count). The molecule has 6 heteroatoms. The Morgan fingerprint density at radius 3 is 2.77 bits per heavy atom. The van der Waals surface area contributed by atoms with Crippen LogP contribution in [0.4, 0.5) is 0 Å². The number of hydrogen-bond donors (Lipinski definition) is 2. The molecule has 1 heterocycles. The number of hydrogen-bond acceptors (Lipinski definition) is 4. The van der Waals surface area contributed by atoms with Gasteiger partial charge in [-0.3, -0.25) is 9.59 Å². The van der Waals surface area contributed by atoms with E-state index in [1.807, 2.05) is 25.1 Å². The third-order valence-corrected chi connectivity index (χ3v) is 5.07. The number of aromatic amines is 1. The fraction of sp³-hybridized carbons (Fsp3) is 0.450. The summed E-state index contributed by atoms with van der Waals surface area (Å²) in [6.07, 6.45) is 3.83. The molecule has 0 saturated heterocycles. The van der Waals surface area contributed by atoms with Crippen LogP contribution in [0, 0.1) is 0 Å². The number of benzene rings is 1. The molecule has 0 radical (unpaired) electrons. The Balaban J connectivity index is 1.38. The van der Waals surface area contributed by atoms with Crippen molar-refractivity contribution in [2.24, 2.45) is 0 Å². The second-order valence-electron chi connectivity index (χ2n) is 7.10. The van der Waals surface area contributed by atoms with Crippen molar-refractivity contribution in [3.05, 3.63) is 57.8 Å². The number of carbonyl (C=O) groups excluding carboxylic acids is 1. The third kappa shape index (κ3) is 3.49. The molecule has 136 valence electrons. The number of rotatable bonds is 6. The van der Waals surface area contributed by atoms with E-state index in [0.29, 0.717) is 23.8 Å². The summed E-state index contributed by atoms with van der Waals surface area (Å²) in [6, 6.07) is 8.97. The van der Waals surface area contributed by atoms with Crippen LogP contribution in [0.15, 0.2) is 35.1 Å². The summed E-state index contributed by atoms with van der Waals surface area (Å²) >= 11 is 0. The smallest absolute Gasteiger partial charge is 0.255 e. The van der Waals surface area contributed by atoms with Crippen LogP contribution in [0.2, 0.25) is 0 Å². The van der Waals surface area contributed by atoms with E-state index in [0.717, 1.165) is 37.2 Å². The number of amides is 1. The van der Waals surface area contributed by atoms with Crippen LogP contribution in [-0.2, 0) is 0 Å². The molecule has 0 unspecified atom stereocenters. The molecule has 26 heavy (non-hydrogen) atoms. The maximum Gasteiger partial charge on any atom is 0.255 e. The monoisotopic (exact) mass is 353 g/mol. The highest BCUT2D eigenvalue weighted by Crippen LogP contribution is 2.40. The largest absolute Gasteiger partial charge is 0.493 e. The molecule has 0 bridgehead atoms. The maximum absolute atomic E-state index is 12.5. The maximum atomic E-state index is 12.5. The van der Waals surface area contributed by atoms with Gasteiger partial charge in [0.15, 0.2) is 0 Å². The van der Waals surface area contributed by atoms with Crippen molar-refractivity contribution >= 4 is 5.91 Å². The van der Waals surface area contributed by atoms with Crippen molar-refractivity contribution in [3.63, 3.8) is 0 Å². The van der Waals surface area contributed by atoms with Gasteiger partial charge in [0.25, 0.3) is 11.5 Å². The van der Waals surface area contributed by atoms with Gasteiger partial charge in [-0.1, -0.05) is 12.1 Å². The van der Waals surface area contributed by atoms with Crippen molar-refractivity contribution in [3.8, 4) is 5.75 Å². The Labute approximate surface area is 152 Å². The molecule has 2 N–H and O–H groups in total. The van der Waals surface area contributed by atoms with Gasteiger partial charge in [-0.25, -0.2) is 4.98 Å². The zero-order chi connectivity index (χ0) is 18.1. The van der Waals surface area contributed by atoms with Gasteiger partial charge in [-0.15, -0.1) is 0 Å². The zero-order valence-electron chi connectivity index (χ0n) is 14.8. The lowest BCUT2D eigenvalue weighted by atomic mass is 9.78. The van der Waals surface area contributed by atoms with E-state index in [1.54, 1.807) is 12.1 Å². The molecule has 1 amide bonds. The molecule has 2 saturated carbocycles. The Bertz CT molecular complexity index is 867. The summed E-state index contributed by atoms with van der Waals surface area (Å²) in [5, 5.41) is 3.06. The molecule has 2 aromatic rings. The number of H-pyrrole nitrogens is 1. The molecule has 1 aromatic carbocycles. The standard InChI is InChI=1S/C20H23N3O3/c1-2-26-17-6-4-3-5-15(17)20(25)21-14-9-13(10-14)16-11-18(24)23-19(22-16)12-7-8-12/h3-6,11-14H,2,7-10H2,1H3,(H,21,25)(H,22,23,24). The van der Waals surface area contributed by atoms with Gasteiger partial charge < -0.3 is 15.0 Å². The highest BCUT2D eigenvalue weighted by molar-refractivity contribution is 5.97. The van der Waals surface area contributed by atoms with E-state index in [-0.39, 0.29) is 23.4 Å². The van der Waals surface area contributed by atoms with Gasteiger partial charge in [0.2, 0.25) is 0 Å². The summed E-state index contributed by atoms with van der Waals surface area (Å²) in [7, 11) is 0. The molecule has 2 aliphatic carbocycles. The second kappa shape index (κ2) is 6.94. The van der Waals surface area contributed by atoms with Gasteiger partial charge in [0.1, 0.15) is 11.6 Å². The van der Waals surface area contributed by atoms with Gasteiger partial charge >= 0.3 is 0 Å². The molecule has 0 atom stereocenters. The Hall–Kier alpha value is -2.63. The van der Waals surface area contributed by atoms with E-state index in [1.165, 1.54) is 0 Å². The van der Waals surface area contributed by atoms with Gasteiger partial charge in [0, 0.05) is 23.9 Å². The average molecular weight is 353 g/mol. The number of para-hydroxylation sites is 1. The van der Waals surface area contributed by atoms with Crippen LogP contribution in [0.3, 0.4) is 0 Å². The fourth-order valence-corrected chi connectivity index (χ4v) is 3.43. The SMILES string of the molecule is CCOc1ccccc1C(=O)NC1CC(c2cc(=O)[nH]c(C3CC3)n2)C1. The zero-order valence-corrected chi connectivity index (χ0v) is 14.8. The first-order valence-electron chi connectivity index (χ1n) is 9.28. The first-order valence-corrected chi connectivity index (χ1v) is 9.28. The van der Waals surface area contributed by atoms with Crippen LogP contribution in [-0.4, -0.2) is 28.5 Å². The first kappa shape index (κ1) is 16.8. The minimum absolute atomic E-state index is 0.0740. The van der Waals surface area contributed by atoms with Crippen LogP contribution >= 0.6 is 0 Å². The highest BCUT2D eigenvalue weighted by Gasteiger charge is 2.34. The quantitative estimate of drug-likeness (QED) is 0.836. The number of ether oxygens (including phenoxy) is 1. The predicted octanol–water partition coefficient (Wildman–Crippen LogP) is 2.72. The molecular formula is C20H23N3O3. The fourth-order valence-electron chi connectivity index (χ4n) is 3.43. The molecule has 2 fully saturated rings. The highest BCUT2D eigenvalue weighted by atomic mass is 16.5. The van der Waals surface area contributed by atoms with Gasteiger partial charge in [0.05, 0.1) is 17.9 Å². The van der Waals surface area contributed by atoms with Crippen molar-refractivity contribution in [1.82, 2.24) is 15.3 Å². The first-order chi connectivity index (χ1) is 12.6. The Kier molecular flexibility index (Phi) is 4.49. The molecule has 0 spiro atoms. The number of nitrogens with zero attached hydrogens (tertiary/aromatic N) is 1. The van der Waals surface area contributed by atoms with Crippen molar-refractivity contribution in [1.29, 1.82) is 0 Å². The molecular weight excluding hydrogens is 330 g/mol. The lowest BCUT2D eigenvalue weighted by Crippen LogP contribution is -2.44. The Morgan fingerprint density at radius 1 is 1.27 bits per heavy atom. The third-order valence-electron chi connectivity index (χ3n) is 5.07. The van der Waals surface area contributed by atoms with Gasteiger partial charge in [-0.05, 0) is 44.7 Å². The normalized spacial score (nSPS) is 21.7. The summed E-state index contributed by atoms with van der Waals surface area (Å²) in [5.41, 5.74) is 1.34. The summed E-state index contributed by atoms with van der Waals surface area (Å²) < 4.78 is 5.53. The van der Waals surface area contributed by atoms with Crippen molar-refractivity contribution in [2.75, 3.05) is 6.61 Å². The summed E-state index contributed by atoms with van der Waals surface area (Å²) in [6.45, 7) is 2.42. The average Bonchev–Trinajstić information content (AvgIpc) is 3.43. The number of aromatic nitrogens is 2. The van der Waals surface area contributed by atoms with Gasteiger partial charge in [-0.2, -0.15) is 0 Å².